The number of hydrogen-bond acceptors (Lipinski definition) is 7. The van der Waals surface area contributed by atoms with Gasteiger partial charge in [0.05, 0.1) is 77.0 Å². The number of allylic oxidation sites excluding steroid dienone is 7. The van der Waals surface area contributed by atoms with Crippen molar-refractivity contribution < 1.29 is 39.7 Å². The second-order valence-electron chi connectivity index (χ2n) is 20.5. The van der Waals surface area contributed by atoms with Crippen molar-refractivity contribution in [1.82, 2.24) is 0 Å². The van der Waals surface area contributed by atoms with E-state index in [0.717, 1.165) is 107 Å². The van der Waals surface area contributed by atoms with Gasteiger partial charge in [0.15, 0.2) is 22.1 Å². The third kappa shape index (κ3) is 10.5. The number of ether oxygens (including phenoxy) is 1. The molecule has 0 saturated carbocycles. The van der Waals surface area contributed by atoms with Crippen LogP contribution in [-0.4, -0.2) is 109 Å². The predicted molar refractivity (Wildman–Crippen MR) is 250 cm³/mol. The highest BCUT2D eigenvalue weighted by Crippen LogP contribution is 2.53. The van der Waals surface area contributed by atoms with Crippen molar-refractivity contribution in [1.29, 1.82) is 0 Å². The summed E-state index contributed by atoms with van der Waals surface area (Å²) in [6.07, 6.45) is 15.4. The van der Waals surface area contributed by atoms with E-state index < -0.39 is 30.8 Å². The number of sulfone groups is 1. The van der Waals surface area contributed by atoms with E-state index in [1.165, 1.54) is 23.5 Å². The quantitative estimate of drug-likeness (QED) is 0.0701. The van der Waals surface area contributed by atoms with E-state index in [-0.39, 0.29) is 10.8 Å². The van der Waals surface area contributed by atoms with Crippen LogP contribution in [0, 0.1) is 0 Å². The van der Waals surface area contributed by atoms with Crippen molar-refractivity contribution in [3.05, 3.63) is 124 Å². The van der Waals surface area contributed by atoms with Gasteiger partial charge in [-0.1, -0.05) is 37.6 Å². The SMILES string of the molecule is CC1(C)C(/C=C/C2=C(Oc3ccc(N)cc3)C(=C/C=C3/C(CCC[N+](C)(C)C)c4ccc(S(C)(=O)=O)cc4C3(C)C)/CCC2)=[N+](CCC[N+](C)(C)C)c2ccc(S(=O)(=O)[O-])cc21. The van der Waals surface area contributed by atoms with Crippen molar-refractivity contribution in [2.24, 2.45) is 0 Å². The van der Waals surface area contributed by atoms with Crippen molar-refractivity contribution in [3.63, 3.8) is 0 Å². The molecule has 2 N–H and O–H groups in total. The number of anilines is 1. The van der Waals surface area contributed by atoms with Crippen molar-refractivity contribution >= 4 is 37.0 Å². The van der Waals surface area contributed by atoms with Crippen LogP contribution in [0.5, 0.6) is 5.75 Å². The van der Waals surface area contributed by atoms with Crippen LogP contribution < -0.4 is 10.5 Å². The lowest BCUT2D eigenvalue weighted by atomic mass is 9.79. The van der Waals surface area contributed by atoms with Crippen LogP contribution in [0.15, 0.2) is 117 Å². The Hall–Kier alpha value is -4.33. The number of hydrogen-bond donors (Lipinski definition) is 1. The van der Waals surface area contributed by atoms with Gasteiger partial charge in [-0.05, 0) is 123 Å². The Morgan fingerprint density at radius 1 is 0.790 bits per heavy atom. The van der Waals surface area contributed by atoms with Gasteiger partial charge in [0.1, 0.15) is 21.6 Å². The van der Waals surface area contributed by atoms with Gasteiger partial charge in [-0.15, -0.1) is 0 Å². The van der Waals surface area contributed by atoms with Gasteiger partial charge >= 0.3 is 0 Å². The minimum atomic E-state index is -4.64. The zero-order valence-electron chi connectivity index (χ0n) is 38.7. The van der Waals surface area contributed by atoms with Gasteiger partial charge in [-0.25, -0.2) is 16.8 Å². The van der Waals surface area contributed by atoms with Crippen LogP contribution in [0.4, 0.5) is 11.4 Å². The lowest BCUT2D eigenvalue weighted by Crippen LogP contribution is -2.36. The number of nitrogen functional groups attached to an aromatic ring is 1. The van der Waals surface area contributed by atoms with Crippen LogP contribution in [0.3, 0.4) is 0 Å². The van der Waals surface area contributed by atoms with Crippen LogP contribution >= 0.6 is 0 Å². The molecule has 1 unspecified atom stereocenters. The third-order valence-electron chi connectivity index (χ3n) is 12.8. The summed E-state index contributed by atoms with van der Waals surface area (Å²) in [5, 5.41) is 0. The molecule has 62 heavy (non-hydrogen) atoms. The summed E-state index contributed by atoms with van der Waals surface area (Å²) in [6, 6.07) is 17.9. The molecule has 0 bridgehead atoms. The minimum absolute atomic E-state index is 0.133. The fourth-order valence-electron chi connectivity index (χ4n) is 9.40. The number of fused-ring (bicyclic) bond motifs is 2. The fourth-order valence-corrected chi connectivity index (χ4v) is 10.5. The molecule has 10 nitrogen and oxygen atoms in total. The maximum absolute atomic E-state index is 12.7. The van der Waals surface area contributed by atoms with Gasteiger partial charge in [-0.3, -0.25) is 0 Å². The first-order valence-electron chi connectivity index (χ1n) is 21.7. The summed E-state index contributed by atoms with van der Waals surface area (Å²) >= 11 is 0. The molecule has 0 saturated heterocycles. The molecular formula is C50H68N4O6S2+2. The summed E-state index contributed by atoms with van der Waals surface area (Å²) in [6.45, 7) is 11.3. The summed E-state index contributed by atoms with van der Waals surface area (Å²) in [5.74, 6) is 1.59. The Morgan fingerprint density at radius 2 is 1.42 bits per heavy atom. The summed E-state index contributed by atoms with van der Waals surface area (Å²) in [5.41, 5.74) is 14.1. The Labute approximate surface area is 371 Å². The second kappa shape index (κ2) is 17.3. The zero-order valence-corrected chi connectivity index (χ0v) is 40.3. The van der Waals surface area contributed by atoms with Crippen molar-refractivity contribution in [2.75, 3.05) is 73.9 Å². The van der Waals surface area contributed by atoms with Gasteiger partial charge in [0, 0.05) is 41.0 Å². The first kappa shape index (κ1) is 47.2. The molecule has 12 heteroatoms. The highest BCUT2D eigenvalue weighted by atomic mass is 32.2. The lowest BCUT2D eigenvalue weighted by molar-refractivity contribution is -0.871. The summed E-state index contributed by atoms with van der Waals surface area (Å²) in [4.78, 5) is 0.119. The molecule has 1 atom stereocenters. The molecule has 3 aliphatic rings. The Balaban J connectivity index is 1.47. The Morgan fingerprint density at radius 3 is 2.05 bits per heavy atom. The van der Waals surface area contributed by atoms with E-state index in [1.54, 1.807) is 18.2 Å². The highest BCUT2D eigenvalue weighted by Gasteiger charge is 2.45. The zero-order chi connectivity index (χ0) is 45.6. The van der Waals surface area contributed by atoms with Gasteiger partial charge in [0.2, 0.25) is 5.69 Å². The Kier molecular flexibility index (Phi) is 13.2. The van der Waals surface area contributed by atoms with E-state index in [4.69, 9.17) is 10.5 Å². The van der Waals surface area contributed by atoms with Crippen molar-refractivity contribution in [3.8, 4) is 5.75 Å². The second-order valence-corrected chi connectivity index (χ2v) is 23.9. The molecule has 0 fully saturated rings. The molecule has 334 valence electrons. The maximum Gasteiger partial charge on any atom is 0.209 e. The van der Waals surface area contributed by atoms with Gasteiger partial charge in [-0.2, -0.15) is 4.58 Å². The summed E-state index contributed by atoms with van der Waals surface area (Å²) < 4.78 is 72.8. The van der Waals surface area contributed by atoms with Gasteiger partial charge < -0.3 is 24.0 Å². The topological polar surface area (TPSA) is 130 Å². The number of rotatable bonds is 15. The number of quaternary nitrogens is 2. The molecule has 3 aromatic carbocycles. The molecule has 0 spiro atoms. The highest BCUT2D eigenvalue weighted by molar-refractivity contribution is 7.90. The van der Waals surface area contributed by atoms with Crippen LogP contribution in [-0.2, 0) is 30.8 Å². The molecule has 0 aromatic heterocycles. The fraction of sp³-hybridized carbons (Fsp3) is 0.460. The minimum Gasteiger partial charge on any atom is -0.744 e. The molecule has 1 heterocycles. The standard InChI is InChI=1S/C50H68N4O6S2/c1-49(2)43(41(17-13-31-53(5,6)7)42-26-24-39(33-44(42)49)61(11,55)56)27-18-35-15-12-16-36(48(35)60-38-22-20-37(51)21-23-38)19-29-47-50(3,4)45-34-40(62(57,58)59)25-28-46(45)52(47)30-14-32-54(8,9)10/h18-29,33-34,41H,12-17,30-32,51H2,1-11H3/q+2/b29-19+,35-18+,43-27-. The number of benzene rings is 3. The smallest absolute Gasteiger partial charge is 0.209 e. The van der Waals surface area contributed by atoms with E-state index in [2.05, 4.69) is 98.9 Å². The van der Waals surface area contributed by atoms with Gasteiger partial charge in [0.25, 0.3) is 0 Å². The summed E-state index contributed by atoms with van der Waals surface area (Å²) in [7, 11) is 5.11. The monoisotopic (exact) mass is 884 g/mol. The number of nitrogens with zero attached hydrogens (tertiary/aromatic N) is 3. The van der Waals surface area contributed by atoms with E-state index >= 15 is 0 Å². The maximum atomic E-state index is 12.7. The molecule has 3 aromatic rings. The van der Waals surface area contributed by atoms with Crippen molar-refractivity contribution in [2.45, 2.75) is 92.8 Å². The van der Waals surface area contributed by atoms with Crippen LogP contribution in [0.1, 0.15) is 88.8 Å². The van der Waals surface area contributed by atoms with E-state index in [1.807, 2.05) is 36.4 Å². The van der Waals surface area contributed by atoms with E-state index in [0.29, 0.717) is 16.3 Å². The Bertz CT molecular complexity index is 2600. The average molecular weight is 885 g/mol. The van der Waals surface area contributed by atoms with E-state index in [9.17, 15) is 21.4 Å². The normalized spacial score (nSPS) is 20.4. The first-order valence-corrected chi connectivity index (χ1v) is 25.0. The largest absolute Gasteiger partial charge is 0.744 e. The number of nitrogens with two attached hydrogens (primary N) is 1. The molecule has 6 rings (SSSR count). The van der Waals surface area contributed by atoms with Crippen LogP contribution in [0.2, 0.25) is 0 Å². The molecule has 0 radical (unpaired) electrons. The average Bonchev–Trinajstić information content (AvgIpc) is 3.50. The third-order valence-corrected chi connectivity index (χ3v) is 14.7. The first-order chi connectivity index (χ1) is 28.7. The predicted octanol–water partition coefficient (Wildman–Crippen LogP) is 8.54. The molecule has 2 aliphatic carbocycles. The lowest BCUT2D eigenvalue weighted by Gasteiger charge is -2.27. The molecule has 0 amide bonds. The molecule has 1 aliphatic heterocycles. The molecular weight excluding hydrogens is 817 g/mol. The van der Waals surface area contributed by atoms with Crippen LogP contribution in [0.25, 0.3) is 0 Å².